The highest BCUT2D eigenvalue weighted by molar-refractivity contribution is 5.40. The van der Waals surface area contributed by atoms with Gasteiger partial charge >= 0.3 is 0 Å². The van der Waals surface area contributed by atoms with Crippen LogP contribution in [0, 0.1) is 6.92 Å². The van der Waals surface area contributed by atoms with E-state index >= 15 is 0 Å². The van der Waals surface area contributed by atoms with Crippen LogP contribution in [0.25, 0.3) is 0 Å². The molecule has 0 spiro atoms. The number of benzene rings is 1. The number of nitrogens with zero attached hydrogens (tertiary/aromatic N) is 2. The molecule has 1 aromatic carbocycles. The Morgan fingerprint density at radius 2 is 2.21 bits per heavy atom. The smallest absolute Gasteiger partial charge is 0.0663 e. The molecule has 0 aliphatic carbocycles. The molecule has 14 heavy (non-hydrogen) atoms. The summed E-state index contributed by atoms with van der Waals surface area (Å²) in [6.07, 6.45) is 1.81. The molecule has 2 aromatic rings. The fraction of sp³-hybridized carbons (Fsp3) is 0.182. The Labute approximate surface area is 83.2 Å². The summed E-state index contributed by atoms with van der Waals surface area (Å²) < 4.78 is 1.95. The first-order valence-electron chi connectivity index (χ1n) is 4.58. The van der Waals surface area contributed by atoms with Gasteiger partial charge in [-0.3, -0.25) is 4.68 Å². The number of nitrogens with two attached hydrogens (primary N) is 1. The van der Waals surface area contributed by atoms with E-state index in [-0.39, 0.29) is 0 Å². The summed E-state index contributed by atoms with van der Waals surface area (Å²) in [5.41, 5.74) is 8.83. The number of hydrogen-bond donors (Lipinski definition) is 1. The number of rotatable bonds is 2. The summed E-state index contributed by atoms with van der Waals surface area (Å²) in [7, 11) is 0. The minimum atomic E-state index is 0.782. The number of aromatic nitrogens is 2. The Kier molecular flexibility index (Phi) is 2.23. The van der Waals surface area contributed by atoms with Gasteiger partial charge in [-0.2, -0.15) is 5.10 Å². The SMILES string of the molecule is Cc1ccnn1Cc1cccc(N)c1. The van der Waals surface area contributed by atoms with E-state index in [4.69, 9.17) is 5.73 Å². The van der Waals surface area contributed by atoms with Crippen LogP contribution in [0.1, 0.15) is 11.3 Å². The first kappa shape index (κ1) is 8.81. The van der Waals surface area contributed by atoms with Crippen LogP contribution in [-0.2, 0) is 6.54 Å². The highest BCUT2D eigenvalue weighted by Gasteiger charge is 1.98. The van der Waals surface area contributed by atoms with Crippen molar-refractivity contribution in [2.75, 3.05) is 5.73 Å². The van der Waals surface area contributed by atoms with Gasteiger partial charge in [0.1, 0.15) is 0 Å². The average Bonchev–Trinajstić information content (AvgIpc) is 2.52. The van der Waals surface area contributed by atoms with Crippen molar-refractivity contribution in [2.24, 2.45) is 0 Å². The van der Waals surface area contributed by atoms with Gasteiger partial charge in [0.05, 0.1) is 6.54 Å². The lowest BCUT2D eigenvalue weighted by Crippen LogP contribution is -2.03. The summed E-state index contributed by atoms with van der Waals surface area (Å²) in [6.45, 7) is 2.82. The van der Waals surface area contributed by atoms with Crippen molar-refractivity contribution in [1.29, 1.82) is 0 Å². The van der Waals surface area contributed by atoms with Crippen molar-refractivity contribution in [3.8, 4) is 0 Å². The molecule has 2 N–H and O–H groups in total. The van der Waals surface area contributed by atoms with E-state index in [2.05, 4.69) is 11.2 Å². The zero-order valence-corrected chi connectivity index (χ0v) is 8.14. The van der Waals surface area contributed by atoms with Crippen LogP contribution in [0.2, 0.25) is 0 Å². The maximum Gasteiger partial charge on any atom is 0.0663 e. The largest absolute Gasteiger partial charge is 0.399 e. The molecule has 0 atom stereocenters. The van der Waals surface area contributed by atoms with Gasteiger partial charge in [-0.05, 0) is 30.7 Å². The van der Waals surface area contributed by atoms with Crippen LogP contribution in [0.5, 0.6) is 0 Å². The molecule has 1 aromatic heterocycles. The Morgan fingerprint density at radius 3 is 2.86 bits per heavy atom. The molecule has 0 aliphatic rings. The highest BCUT2D eigenvalue weighted by Crippen LogP contribution is 2.09. The lowest BCUT2D eigenvalue weighted by molar-refractivity contribution is 0.665. The lowest BCUT2D eigenvalue weighted by atomic mass is 10.2. The van der Waals surface area contributed by atoms with Crippen molar-refractivity contribution in [3.63, 3.8) is 0 Å². The minimum absolute atomic E-state index is 0.782. The Hall–Kier alpha value is -1.77. The second kappa shape index (κ2) is 3.54. The summed E-state index contributed by atoms with van der Waals surface area (Å²) >= 11 is 0. The van der Waals surface area contributed by atoms with Gasteiger partial charge < -0.3 is 5.73 Å². The summed E-state index contributed by atoms with van der Waals surface area (Å²) in [5, 5.41) is 4.22. The average molecular weight is 187 g/mol. The van der Waals surface area contributed by atoms with E-state index in [1.807, 2.05) is 42.1 Å². The van der Waals surface area contributed by atoms with E-state index < -0.39 is 0 Å². The highest BCUT2D eigenvalue weighted by atomic mass is 15.3. The molecule has 0 aliphatic heterocycles. The number of nitrogen functional groups attached to an aromatic ring is 1. The third-order valence-corrected chi connectivity index (χ3v) is 2.21. The van der Waals surface area contributed by atoms with Crippen LogP contribution >= 0.6 is 0 Å². The Bertz CT molecular complexity index is 432. The third kappa shape index (κ3) is 1.76. The first-order valence-corrected chi connectivity index (χ1v) is 4.58. The predicted molar refractivity (Wildman–Crippen MR) is 56.9 cm³/mol. The number of aryl methyl sites for hydroxylation is 1. The van der Waals surface area contributed by atoms with Crippen molar-refractivity contribution in [2.45, 2.75) is 13.5 Å². The second-order valence-corrected chi connectivity index (χ2v) is 3.38. The van der Waals surface area contributed by atoms with Crippen LogP contribution in [0.4, 0.5) is 5.69 Å². The number of anilines is 1. The van der Waals surface area contributed by atoms with Crippen molar-refractivity contribution < 1.29 is 0 Å². The van der Waals surface area contributed by atoms with Gasteiger partial charge in [0, 0.05) is 17.6 Å². The predicted octanol–water partition coefficient (Wildman–Crippen LogP) is 1.82. The molecule has 3 heteroatoms. The molecule has 0 radical (unpaired) electrons. The van der Waals surface area contributed by atoms with Crippen LogP contribution in [0.3, 0.4) is 0 Å². The van der Waals surface area contributed by atoms with Crippen molar-refractivity contribution >= 4 is 5.69 Å². The molecule has 2 rings (SSSR count). The Balaban J connectivity index is 2.23. The quantitative estimate of drug-likeness (QED) is 0.729. The van der Waals surface area contributed by atoms with Gasteiger partial charge in [-0.15, -0.1) is 0 Å². The first-order chi connectivity index (χ1) is 6.75. The van der Waals surface area contributed by atoms with E-state index in [1.165, 1.54) is 5.56 Å². The summed E-state index contributed by atoms with van der Waals surface area (Å²) in [5.74, 6) is 0. The van der Waals surface area contributed by atoms with Crippen molar-refractivity contribution in [1.82, 2.24) is 9.78 Å². The summed E-state index contributed by atoms with van der Waals surface area (Å²) in [4.78, 5) is 0. The molecule has 0 saturated carbocycles. The third-order valence-electron chi connectivity index (χ3n) is 2.21. The molecule has 0 fully saturated rings. The molecule has 72 valence electrons. The monoisotopic (exact) mass is 187 g/mol. The fourth-order valence-electron chi connectivity index (χ4n) is 1.43. The van der Waals surface area contributed by atoms with E-state index in [9.17, 15) is 0 Å². The molecule has 1 heterocycles. The molecule has 0 amide bonds. The second-order valence-electron chi connectivity index (χ2n) is 3.38. The minimum Gasteiger partial charge on any atom is -0.399 e. The molecular weight excluding hydrogens is 174 g/mol. The van der Waals surface area contributed by atoms with Gasteiger partial charge in [-0.1, -0.05) is 12.1 Å². The lowest BCUT2D eigenvalue weighted by Gasteiger charge is -2.04. The normalized spacial score (nSPS) is 10.4. The summed E-state index contributed by atoms with van der Waals surface area (Å²) in [6, 6.07) is 9.87. The zero-order valence-electron chi connectivity index (χ0n) is 8.14. The van der Waals surface area contributed by atoms with Gasteiger partial charge in [-0.25, -0.2) is 0 Å². The molecular formula is C11H13N3. The molecule has 0 bridgehead atoms. The molecule has 0 saturated heterocycles. The van der Waals surface area contributed by atoms with Gasteiger partial charge in [0.15, 0.2) is 0 Å². The van der Waals surface area contributed by atoms with Gasteiger partial charge in [0.25, 0.3) is 0 Å². The molecule has 3 nitrogen and oxygen atoms in total. The molecule has 0 unspecified atom stereocenters. The van der Waals surface area contributed by atoms with E-state index in [0.717, 1.165) is 17.9 Å². The van der Waals surface area contributed by atoms with E-state index in [1.54, 1.807) is 0 Å². The maximum absolute atomic E-state index is 5.70. The van der Waals surface area contributed by atoms with E-state index in [0.29, 0.717) is 0 Å². The van der Waals surface area contributed by atoms with Crippen molar-refractivity contribution in [3.05, 3.63) is 47.8 Å². The van der Waals surface area contributed by atoms with Gasteiger partial charge in [0.2, 0.25) is 0 Å². The topological polar surface area (TPSA) is 43.8 Å². The van der Waals surface area contributed by atoms with Crippen LogP contribution < -0.4 is 5.73 Å². The fourth-order valence-corrected chi connectivity index (χ4v) is 1.43. The maximum atomic E-state index is 5.70. The standard InChI is InChI=1S/C11H13N3/c1-9-5-6-13-14(9)8-10-3-2-4-11(12)7-10/h2-7H,8,12H2,1H3. The van der Waals surface area contributed by atoms with Crippen LogP contribution in [-0.4, -0.2) is 9.78 Å². The van der Waals surface area contributed by atoms with Crippen LogP contribution in [0.15, 0.2) is 36.5 Å². The zero-order chi connectivity index (χ0) is 9.97. The number of hydrogen-bond acceptors (Lipinski definition) is 2. The Morgan fingerprint density at radius 1 is 1.36 bits per heavy atom.